The number of fused-ring (bicyclic) bond motifs is 1. The van der Waals surface area contributed by atoms with Crippen molar-refractivity contribution in [1.29, 1.82) is 0 Å². The van der Waals surface area contributed by atoms with Gasteiger partial charge in [0.15, 0.2) is 11.5 Å². The van der Waals surface area contributed by atoms with Crippen LogP contribution in [-0.4, -0.2) is 33.4 Å². The van der Waals surface area contributed by atoms with Crippen molar-refractivity contribution in [2.75, 3.05) is 13.3 Å². The number of carbonyl (C=O) groups excluding carboxylic acids is 1. The monoisotopic (exact) mass is 338 g/mol. The maximum Gasteiger partial charge on any atom is 0.280 e. The highest BCUT2D eigenvalue weighted by atomic mass is 32.2. The Morgan fingerprint density at radius 2 is 2.14 bits per heavy atom. The van der Waals surface area contributed by atoms with Gasteiger partial charge in [0.25, 0.3) is 11.6 Å². The zero-order valence-electron chi connectivity index (χ0n) is 11.4. The fourth-order valence-electron chi connectivity index (χ4n) is 2.13. The molecule has 22 heavy (non-hydrogen) atoms. The first-order valence-electron chi connectivity index (χ1n) is 6.34. The van der Waals surface area contributed by atoms with Gasteiger partial charge in [-0.2, -0.15) is 0 Å². The lowest BCUT2D eigenvalue weighted by Gasteiger charge is -2.09. The van der Waals surface area contributed by atoms with E-state index in [2.05, 4.69) is 0 Å². The summed E-state index contributed by atoms with van der Waals surface area (Å²) in [7, 11) is 0. The van der Waals surface area contributed by atoms with Gasteiger partial charge < -0.3 is 9.47 Å². The van der Waals surface area contributed by atoms with Crippen LogP contribution in [0.2, 0.25) is 0 Å². The molecule has 1 fully saturated rings. The van der Waals surface area contributed by atoms with Crippen LogP contribution in [0.1, 0.15) is 12.5 Å². The van der Waals surface area contributed by atoms with Crippen LogP contribution in [0, 0.1) is 10.1 Å². The molecule has 0 radical (unpaired) electrons. The third kappa shape index (κ3) is 2.42. The quantitative estimate of drug-likeness (QED) is 0.362. The summed E-state index contributed by atoms with van der Waals surface area (Å²) in [5.41, 5.74) is 0.136. The Morgan fingerprint density at radius 1 is 1.45 bits per heavy atom. The zero-order valence-corrected chi connectivity index (χ0v) is 13.0. The molecule has 1 aromatic carbocycles. The summed E-state index contributed by atoms with van der Waals surface area (Å²) in [6.45, 7) is 2.30. The van der Waals surface area contributed by atoms with E-state index in [1.165, 1.54) is 23.1 Å². The van der Waals surface area contributed by atoms with Crippen molar-refractivity contribution < 1.29 is 19.2 Å². The minimum absolute atomic E-state index is 0.0217. The molecule has 1 aromatic rings. The first kappa shape index (κ1) is 14.8. The molecule has 2 heterocycles. The first-order chi connectivity index (χ1) is 10.5. The van der Waals surface area contributed by atoms with Crippen molar-refractivity contribution in [2.24, 2.45) is 0 Å². The number of thiocarbonyl (C=S) groups is 1. The molecule has 0 aliphatic carbocycles. The van der Waals surface area contributed by atoms with E-state index < -0.39 is 4.92 Å². The summed E-state index contributed by atoms with van der Waals surface area (Å²) in [5, 5.41) is 11.2. The number of nitro groups is 1. The van der Waals surface area contributed by atoms with E-state index in [4.69, 9.17) is 21.7 Å². The van der Waals surface area contributed by atoms with E-state index in [1.807, 2.05) is 6.92 Å². The third-order valence-electron chi connectivity index (χ3n) is 3.19. The van der Waals surface area contributed by atoms with Crippen LogP contribution in [0.3, 0.4) is 0 Å². The van der Waals surface area contributed by atoms with Crippen molar-refractivity contribution in [1.82, 2.24) is 4.90 Å². The molecular formula is C13H10N2O5S2. The SMILES string of the molecule is CCN1C(=O)/C(=C\c2cc3c(cc2[N+](=O)[O-])OCO3)SC1=S. The van der Waals surface area contributed by atoms with E-state index in [0.717, 1.165) is 11.8 Å². The number of hydrogen-bond donors (Lipinski definition) is 0. The molecule has 0 saturated carbocycles. The number of hydrogen-bond acceptors (Lipinski definition) is 7. The molecule has 0 spiro atoms. The Morgan fingerprint density at radius 3 is 2.73 bits per heavy atom. The fraction of sp³-hybridized carbons (Fsp3) is 0.231. The van der Waals surface area contributed by atoms with Gasteiger partial charge in [-0.1, -0.05) is 24.0 Å². The standard InChI is InChI=1S/C13H10N2O5S2/c1-2-14-12(16)11(22-13(14)21)4-7-3-9-10(20-6-19-9)5-8(7)15(17)18/h3-5H,2,6H2,1H3/b11-4+. The Labute approximate surface area is 135 Å². The molecule has 114 valence electrons. The molecule has 9 heteroatoms. The maximum absolute atomic E-state index is 12.2. The van der Waals surface area contributed by atoms with Gasteiger partial charge in [-0.15, -0.1) is 0 Å². The molecule has 0 atom stereocenters. The van der Waals surface area contributed by atoms with Crippen molar-refractivity contribution in [3.8, 4) is 11.5 Å². The summed E-state index contributed by atoms with van der Waals surface area (Å²) in [5.74, 6) is 0.497. The average molecular weight is 338 g/mol. The van der Waals surface area contributed by atoms with Crippen molar-refractivity contribution in [3.05, 3.63) is 32.7 Å². The van der Waals surface area contributed by atoms with Crippen LogP contribution in [0.5, 0.6) is 11.5 Å². The number of thioether (sulfide) groups is 1. The predicted molar refractivity (Wildman–Crippen MR) is 84.8 cm³/mol. The number of nitrogens with zero attached hydrogens (tertiary/aromatic N) is 2. The molecule has 1 amide bonds. The average Bonchev–Trinajstić information content (AvgIpc) is 3.02. The van der Waals surface area contributed by atoms with Crippen LogP contribution < -0.4 is 9.47 Å². The van der Waals surface area contributed by atoms with Crippen molar-refractivity contribution in [2.45, 2.75) is 6.92 Å². The highest BCUT2D eigenvalue weighted by Gasteiger charge is 2.32. The Hall–Kier alpha value is -2.13. The molecule has 0 bridgehead atoms. The molecule has 2 aliphatic heterocycles. The Balaban J connectivity index is 2.05. The Bertz CT molecular complexity index is 731. The van der Waals surface area contributed by atoms with Crippen LogP contribution >= 0.6 is 24.0 Å². The van der Waals surface area contributed by atoms with E-state index in [9.17, 15) is 14.9 Å². The lowest BCUT2D eigenvalue weighted by Crippen LogP contribution is -2.27. The highest BCUT2D eigenvalue weighted by Crippen LogP contribution is 2.40. The van der Waals surface area contributed by atoms with Gasteiger partial charge in [-0.3, -0.25) is 19.8 Å². The van der Waals surface area contributed by atoms with E-state index in [0.29, 0.717) is 27.3 Å². The molecule has 0 N–H and O–H groups in total. The number of likely N-dealkylation sites (N-methyl/N-ethyl adjacent to an activating group) is 1. The van der Waals surface area contributed by atoms with Crippen molar-refractivity contribution in [3.63, 3.8) is 0 Å². The fourth-order valence-corrected chi connectivity index (χ4v) is 3.51. The Kier molecular flexibility index (Phi) is 3.75. The third-order valence-corrected chi connectivity index (χ3v) is 4.57. The minimum atomic E-state index is -0.519. The second-order valence-electron chi connectivity index (χ2n) is 4.45. The second kappa shape index (κ2) is 5.58. The smallest absolute Gasteiger partial charge is 0.280 e. The maximum atomic E-state index is 12.2. The van der Waals surface area contributed by atoms with Gasteiger partial charge in [0.1, 0.15) is 4.32 Å². The van der Waals surface area contributed by atoms with E-state index >= 15 is 0 Å². The lowest BCUT2D eigenvalue weighted by atomic mass is 10.1. The second-order valence-corrected chi connectivity index (χ2v) is 6.12. The van der Waals surface area contributed by atoms with Gasteiger partial charge in [0.05, 0.1) is 21.5 Å². The highest BCUT2D eigenvalue weighted by molar-refractivity contribution is 8.26. The van der Waals surface area contributed by atoms with Crippen LogP contribution in [0.15, 0.2) is 17.0 Å². The summed E-state index contributed by atoms with van der Waals surface area (Å²) < 4.78 is 10.8. The topological polar surface area (TPSA) is 81.9 Å². The summed E-state index contributed by atoms with van der Waals surface area (Å²) in [6, 6.07) is 2.80. The van der Waals surface area contributed by atoms with Crippen LogP contribution in [0.25, 0.3) is 6.08 Å². The van der Waals surface area contributed by atoms with Crippen LogP contribution in [-0.2, 0) is 4.79 Å². The first-order valence-corrected chi connectivity index (χ1v) is 7.57. The molecule has 0 aromatic heterocycles. The molecule has 3 rings (SSSR count). The number of carbonyl (C=O) groups is 1. The molecule has 0 unspecified atom stereocenters. The van der Waals surface area contributed by atoms with Gasteiger partial charge in [0, 0.05) is 6.54 Å². The molecule has 7 nitrogen and oxygen atoms in total. The number of amides is 1. The molecule has 1 saturated heterocycles. The zero-order chi connectivity index (χ0) is 15.9. The number of ether oxygens (including phenoxy) is 2. The lowest BCUT2D eigenvalue weighted by molar-refractivity contribution is -0.385. The minimum Gasteiger partial charge on any atom is -0.454 e. The molecular weight excluding hydrogens is 328 g/mol. The number of nitro benzene ring substituents is 1. The molecule has 2 aliphatic rings. The number of benzene rings is 1. The summed E-state index contributed by atoms with van der Waals surface area (Å²) in [4.78, 5) is 24.7. The van der Waals surface area contributed by atoms with Gasteiger partial charge in [0.2, 0.25) is 6.79 Å². The van der Waals surface area contributed by atoms with Crippen molar-refractivity contribution >= 4 is 46.0 Å². The van der Waals surface area contributed by atoms with E-state index in [-0.39, 0.29) is 24.0 Å². The number of rotatable bonds is 3. The normalized spacial score (nSPS) is 18.4. The van der Waals surface area contributed by atoms with Crippen LogP contribution in [0.4, 0.5) is 5.69 Å². The van der Waals surface area contributed by atoms with Gasteiger partial charge in [-0.05, 0) is 19.1 Å². The largest absolute Gasteiger partial charge is 0.454 e. The van der Waals surface area contributed by atoms with Gasteiger partial charge in [-0.25, -0.2) is 0 Å². The van der Waals surface area contributed by atoms with Gasteiger partial charge >= 0.3 is 0 Å². The van der Waals surface area contributed by atoms with E-state index in [1.54, 1.807) is 0 Å². The predicted octanol–water partition coefficient (Wildman–Crippen LogP) is 2.54. The summed E-state index contributed by atoms with van der Waals surface area (Å²) >= 11 is 6.25. The summed E-state index contributed by atoms with van der Waals surface area (Å²) in [6.07, 6.45) is 1.47.